The molecule has 2 saturated heterocycles. The van der Waals surface area contributed by atoms with Gasteiger partial charge in [-0.25, -0.2) is 4.98 Å². The maximum Gasteiger partial charge on any atom is 0.303 e. The summed E-state index contributed by atoms with van der Waals surface area (Å²) in [7, 11) is 0. The number of morpholine rings is 1. The molecule has 4 aliphatic rings. The lowest BCUT2D eigenvalue weighted by Gasteiger charge is -2.43. The highest BCUT2D eigenvalue weighted by molar-refractivity contribution is 6.32. The lowest BCUT2D eigenvalue weighted by molar-refractivity contribution is -0.288. The number of hydrogen-bond donors (Lipinski definition) is 1. The van der Waals surface area contributed by atoms with Crippen LogP contribution in [-0.4, -0.2) is 116 Å². The molecule has 18 heteroatoms. The van der Waals surface area contributed by atoms with E-state index in [4.69, 9.17) is 49.2 Å². The van der Waals surface area contributed by atoms with Crippen LogP contribution in [0.25, 0.3) is 22.6 Å². The van der Waals surface area contributed by atoms with Gasteiger partial charge >= 0.3 is 23.9 Å². The number of esters is 4. The van der Waals surface area contributed by atoms with Gasteiger partial charge in [0.15, 0.2) is 29.0 Å². The number of carbonyl (C=O) groups excluding carboxylic acids is 5. The van der Waals surface area contributed by atoms with Gasteiger partial charge in [0, 0.05) is 65.5 Å². The van der Waals surface area contributed by atoms with Crippen LogP contribution in [0, 0.1) is 0 Å². The number of carbonyl (C=O) groups is 5. The van der Waals surface area contributed by atoms with E-state index in [9.17, 15) is 28.8 Å². The van der Waals surface area contributed by atoms with Crippen molar-refractivity contribution in [1.29, 1.82) is 0 Å². The van der Waals surface area contributed by atoms with Gasteiger partial charge in [0.05, 0.1) is 23.8 Å². The Morgan fingerprint density at radius 1 is 0.904 bits per heavy atom. The molecule has 1 amide bonds. The Kier molecular flexibility index (Phi) is 12.6. The lowest BCUT2D eigenvalue weighted by atomic mass is 9.98. The monoisotopic (exact) mass is 747 g/mol. The Balaban J connectivity index is 1.44. The van der Waals surface area contributed by atoms with E-state index in [1.807, 2.05) is 0 Å². The average molecular weight is 748 g/mol. The van der Waals surface area contributed by atoms with E-state index >= 15 is 0 Å². The second kappa shape index (κ2) is 17.1. The fourth-order valence-corrected chi connectivity index (χ4v) is 6.01. The molecule has 0 spiro atoms. The minimum absolute atomic E-state index is 0.0130. The molecule has 0 bridgehead atoms. The Bertz CT molecular complexity index is 1840. The topological polar surface area (TPSA) is 208 Å². The fourth-order valence-electron chi connectivity index (χ4n) is 5.80. The average Bonchev–Trinajstić information content (AvgIpc) is 3.07. The minimum atomic E-state index is -1.57. The predicted molar refractivity (Wildman–Crippen MR) is 179 cm³/mol. The largest absolute Gasteiger partial charge is 0.463 e. The number of rotatable bonds is 12. The zero-order valence-electron chi connectivity index (χ0n) is 28.8. The van der Waals surface area contributed by atoms with Gasteiger partial charge in [-0.1, -0.05) is 11.6 Å². The van der Waals surface area contributed by atoms with Crippen LogP contribution in [0.5, 0.6) is 5.75 Å². The van der Waals surface area contributed by atoms with Crippen molar-refractivity contribution < 1.29 is 61.5 Å². The summed E-state index contributed by atoms with van der Waals surface area (Å²) in [5.74, 6) is -3.68. The fraction of sp³-hybridized carbons (Fsp3) is 0.500. The first kappa shape index (κ1) is 38.4. The molecule has 17 nitrogen and oxygen atoms in total. The molecular formula is C34H38ClN3O14. The Morgan fingerprint density at radius 3 is 2.25 bits per heavy atom. The van der Waals surface area contributed by atoms with Gasteiger partial charge in [-0.05, 0) is 19.0 Å². The maximum absolute atomic E-state index is 13.2. The molecule has 5 rings (SSSR count). The third kappa shape index (κ3) is 9.73. The molecule has 3 aliphatic heterocycles. The minimum Gasteiger partial charge on any atom is -0.463 e. The molecule has 1 N–H and O–H groups in total. The predicted octanol–water partition coefficient (Wildman–Crippen LogP) is 1.86. The van der Waals surface area contributed by atoms with Gasteiger partial charge in [-0.15, -0.1) is 0 Å². The van der Waals surface area contributed by atoms with Crippen LogP contribution in [0.4, 0.5) is 0 Å². The van der Waals surface area contributed by atoms with Crippen molar-refractivity contribution in [3.63, 3.8) is 0 Å². The number of nitrogens with one attached hydrogen (secondary N) is 1. The normalized spacial score (nSPS) is 22.0. The summed E-state index contributed by atoms with van der Waals surface area (Å²) >= 11 is 6.63. The van der Waals surface area contributed by atoms with Crippen LogP contribution in [-0.2, 0) is 47.6 Å². The molecule has 1 aromatic carbocycles. The van der Waals surface area contributed by atoms with Gasteiger partial charge in [-0.3, -0.25) is 33.7 Å². The summed E-state index contributed by atoms with van der Waals surface area (Å²) in [6, 6.07) is 5.08. The molecular weight excluding hydrogens is 710 g/mol. The molecule has 0 aromatic heterocycles. The Hall–Kier alpha value is -4.84. The second-order valence-corrected chi connectivity index (χ2v) is 12.4. The molecule has 2 fully saturated rings. The van der Waals surface area contributed by atoms with Crippen LogP contribution in [0.15, 0.2) is 33.5 Å². The van der Waals surface area contributed by atoms with Crippen molar-refractivity contribution >= 4 is 52.5 Å². The van der Waals surface area contributed by atoms with E-state index < -0.39 is 72.5 Å². The highest BCUT2D eigenvalue weighted by atomic mass is 35.5. The molecule has 5 atom stereocenters. The molecule has 0 radical (unpaired) electrons. The smallest absolute Gasteiger partial charge is 0.303 e. The summed E-state index contributed by atoms with van der Waals surface area (Å²) in [5.41, 5.74) is -0.0548. The van der Waals surface area contributed by atoms with Crippen LogP contribution < -0.4 is 15.5 Å². The van der Waals surface area contributed by atoms with Gasteiger partial charge in [0.1, 0.15) is 29.7 Å². The van der Waals surface area contributed by atoms with E-state index in [-0.39, 0.29) is 38.9 Å². The number of fused-ring (bicyclic) bond motifs is 2. The highest BCUT2D eigenvalue weighted by Gasteiger charge is 2.53. The summed E-state index contributed by atoms with van der Waals surface area (Å²) < 4.78 is 44.8. The SMILES string of the molecule is CC(=O)OCC1OC(Oc2cc3oc4cc(=O)cc(C(=O)NCCCN5CCOCC5)c-4nc3cc2Cl)C(OC(C)=O)C(OC(C)=O)C1OC(C)=O. The number of nitrogens with zero attached hydrogens (tertiary/aromatic N) is 2. The number of halogens is 1. The van der Waals surface area contributed by atoms with E-state index in [1.165, 1.54) is 24.3 Å². The summed E-state index contributed by atoms with van der Waals surface area (Å²) in [6.45, 7) is 8.13. The molecule has 52 heavy (non-hydrogen) atoms. The number of amides is 1. The number of benzene rings is 2. The molecule has 1 aliphatic carbocycles. The first-order valence-electron chi connectivity index (χ1n) is 16.4. The van der Waals surface area contributed by atoms with Gasteiger partial charge < -0.3 is 42.9 Å². The van der Waals surface area contributed by atoms with Crippen molar-refractivity contribution in [2.45, 2.75) is 64.8 Å². The van der Waals surface area contributed by atoms with Crippen LogP contribution in [0.2, 0.25) is 5.02 Å². The standard InChI is InChI=1S/C34H38ClN3O14/c1-17(39)46-16-28-30(47-18(2)40)31(48-19(3)41)32(49-20(4)42)34(52-28)51-25-15-26-24(14-23(25)35)37-29-22(12-21(43)13-27(29)50-26)33(44)36-6-5-7-38-8-10-45-11-9-38/h12-15,28,30-32,34H,5-11,16H2,1-4H3,(H,36,44). The Morgan fingerprint density at radius 2 is 1.58 bits per heavy atom. The van der Waals surface area contributed by atoms with Crippen LogP contribution >= 0.6 is 11.6 Å². The van der Waals surface area contributed by atoms with E-state index in [0.29, 0.717) is 26.2 Å². The van der Waals surface area contributed by atoms with E-state index in [1.54, 1.807) is 0 Å². The second-order valence-electron chi connectivity index (χ2n) is 12.0. The maximum atomic E-state index is 13.2. The lowest BCUT2D eigenvalue weighted by Crippen LogP contribution is -2.63. The van der Waals surface area contributed by atoms with Crippen molar-refractivity contribution in [3.8, 4) is 17.2 Å². The number of aromatic nitrogens is 1. The quantitative estimate of drug-likeness (QED) is 0.121. The molecule has 0 saturated carbocycles. The zero-order valence-corrected chi connectivity index (χ0v) is 29.6. The first-order valence-corrected chi connectivity index (χ1v) is 16.8. The zero-order chi connectivity index (χ0) is 37.5. The molecule has 5 unspecified atom stereocenters. The summed E-state index contributed by atoms with van der Waals surface area (Å²) in [5, 5.41) is 2.81. The van der Waals surface area contributed by atoms with E-state index in [2.05, 4.69) is 15.2 Å². The third-order valence-corrected chi connectivity index (χ3v) is 8.29. The van der Waals surface area contributed by atoms with Crippen molar-refractivity contribution in [2.24, 2.45) is 0 Å². The van der Waals surface area contributed by atoms with Crippen molar-refractivity contribution in [1.82, 2.24) is 15.2 Å². The Labute approximate surface area is 302 Å². The summed E-state index contributed by atoms with van der Waals surface area (Å²) in [4.78, 5) is 80.7. The molecule has 3 heterocycles. The first-order chi connectivity index (χ1) is 24.8. The van der Waals surface area contributed by atoms with Gasteiger partial charge in [-0.2, -0.15) is 0 Å². The van der Waals surface area contributed by atoms with Crippen LogP contribution in [0.1, 0.15) is 44.5 Å². The van der Waals surface area contributed by atoms with Crippen LogP contribution in [0.3, 0.4) is 0 Å². The third-order valence-electron chi connectivity index (χ3n) is 7.99. The molecule has 280 valence electrons. The molecule has 1 aromatic rings. The van der Waals surface area contributed by atoms with Crippen molar-refractivity contribution in [3.05, 3.63) is 45.1 Å². The van der Waals surface area contributed by atoms with Gasteiger partial charge in [0.25, 0.3) is 5.91 Å². The number of ether oxygens (including phenoxy) is 7. The van der Waals surface area contributed by atoms with Gasteiger partial charge in [0.2, 0.25) is 12.4 Å². The van der Waals surface area contributed by atoms with E-state index in [0.717, 1.165) is 47.3 Å². The highest BCUT2D eigenvalue weighted by Crippen LogP contribution is 2.37. The van der Waals surface area contributed by atoms with Crippen molar-refractivity contribution in [2.75, 3.05) is 46.0 Å². The summed E-state index contributed by atoms with van der Waals surface area (Å²) in [6.07, 6.45) is -6.52. The number of hydrogen-bond acceptors (Lipinski definition) is 16.